The Hall–Kier alpha value is -2.60. The molecule has 0 aliphatic rings. The minimum Gasteiger partial charge on any atom is -0.359 e. The van der Waals surface area contributed by atoms with Crippen LogP contribution < -0.4 is 10.6 Å². The molecule has 0 aliphatic heterocycles. The van der Waals surface area contributed by atoms with E-state index in [1.165, 1.54) is 6.08 Å². The van der Waals surface area contributed by atoms with E-state index >= 15 is 0 Å². The number of amides is 2. The number of aromatic nitrogens is 2. The zero-order chi connectivity index (χ0) is 20.0. The van der Waals surface area contributed by atoms with Crippen molar-refractivity contribution in [3.05, 3.63) is 52.3 Å². The molecule has 2 amide bonds. The van der Waals surface area contributed by atoms with Crippen molar-refractivity contribution in [2.24, 2.45) is 5.92 Å². The standard InChI is InChI=1S/C20H25ClN4O2/c1-13(2)12-25-20(21)17(14(3)24-25)9-10-18(26)23-16-7-5-15(6-8-16)11-19(27)22-4/h5-10,13H,11-12H2,1-4H3,(H,22,27)(H,23,26)/b10-9+. The lowest BCUT2D eigenvalue weighted by Crippen LogP contribution is -2.19. The third kappa shape index (κ3) is 5.96. The van der Waals surface area contributed by atoms with Crippen molar-refractivity contribution in [1.82, 2.24) is 15.1 Å². The highest BCUT2D eigenvalue weighted by atomic mass is 35.5. The van der Waals surface area contributed by atoms with E-state index in [0.29, 0.717) is 23.2 Å². The van der Waals surface area contributed by atoms with Gasteiger partial charge in [-0.15, -0.1) is 0 Å². The van der Waals surface area contributed by atoms with E-state index in [4.69, 9.17) is 11.6 Å². The molecule has 0 bridgehead atoms. The molecule has 2 N–H and O–H groups in total. The molecule has 1 aromatic carbocycles. The quantitative estimate of drug-likeness (QED) is 0.713. The number of halogens is 1. The summed E-state index contributed by atoms with van der Waals surface area (Å²) in [6, 6.07) is 7.16. The summed E-state index contributed by atoms with van der Waals surface area (Å²) in [7, 11) is 1.60. The number of nitrogens with zero attached hydrogens (tertiary/aromatic N) is 2. The van der Waals surface area contributed by atoms with Gasteiger partial charge in [0.05, 0.1) is 12.1 Å². The molecule has 2 aromatic rings. The Bertz CT molecular complexity index is 838. The highest BCUT2D eigenvalue weighted by Crippen LogP contribution is 2.22. The van der Waals surface area contributed by atoms with Gasteiger partial charge in [-0.2, -0.15) is 5.10 Å². The average molecular weight is 389 g/mol. The molecule has 0 saturated carbocycles. The summed E-state index contributed by atoms with van der Waals surface area (Å²) in [5.74, 6) is 0.106. The largest absolute Gasteiger partial charge is 0.359 e. The molecule has 7 heteroatoms. The number of rotatable bonds is 7. The van der Waals surface area contributed by atoms with Gasteiger partial charge < -0.3 is 10.6 Å². The van der Waals surface area contributed by atoms with E-state index in [2.05, 4.69) is 29.6 Å². The summed E-state index contributed by atoms with van der Waals surface area (Å²) in [6.45, 7) is 6.78. The minimum absolute atomic E-state index is 0.0556. The van der Waals surface area contributed by atoms with E-state index in [1.54, 1.807) is 29.9 Å². The van der Waals surface area contributed by atoms with Crippen molar-refractivity contribution in [2.75, 3.05) is 12.4 Å². The van der Waals surface area contributed by atoms with Gasteiger partial charge in [0.1, 0.15) is 5.15 Å². The highest BCUT2D eigenvalue weighted by Gasteiger charge is 2.12. The second-order valence-corrected chi connectivity index (χ2v) is 7.09. The van der Waals surface area contributed by atoms with Gasteiger partial charge in [-0.25, -0.2) is 0 Å². The number of carbonyl (C=O) groups excluding carboxylic acids is 2. The van der Waals surface area contributed by atoms with Crippen LogP contribution in [-0.4, -0.2) is 28.6 Å². The Labute approximate surface area is 164 Å². The van der Waals surface area contributed by atoms with Gasteiger partial charge in [-0.1, -0.05) is 37.6 Å². The molecule has 144 valence electrons. The van der Waals surface area contributed by atoms with Crippen LogP contribution in [0.1, 0.15) is 30.7 Å². The Morgan fingerprint density at radius 2 is 1.93 bits per heavy atom. The van der Waals surface area contributed by atoms with Crippen molar-refractivity contribution < 1.29 is 9.59 Å². The van der Waals surface area contributed by atoms with E-state index in [0.717, 1.165) is 23.4 Å². The summed E-state index contributed by atoms with van der Waals surface area (Å²) in [4.78, 5) is 23.5. The van der Waals surface area contributed by atoms with Gasteiger partial charge >= 0.3 is 0 Å². The fraction of sp³-hybridized carbons (Fsp3) is 0.350. The number of hydrogen-bond acceptors (Lipinski definition) is 3. The van der Waals surface area contributed by atoms with Gasteiger partial charge in [0.25, 0.3) is 0 Å². The number of likely N-dealkylation sites (N-methyl/N-ethyl adjacent to an activating group) is 1. The Kier molecular flexibility index (Phi) is 7.19. The number of nitrogens with one attached hydrogen (secondary N) is 2. The van der Waals surface area contributed by atoms with Crippen LogP contribution in [0.25, 0.3) is 6.08 Å². The monoisotopic (exact) mass is 388 g/mol. The number of anilines is 1. The number of benzene rings is 1. The second kappa shape index (κ2) is 9.37. The lowest BCUT2D eigenvalue weighted by Gasteiger charge is -2.05. The van der Waals surface area contributed by atoms with Crippen LogP contribution in [0.3, 0.4) is 0 Å². The summed E-state index contributed by atoms with van der Waals surface area (Å²) in [5, 5.41) is 10.3. The summed E-state index contributed by atoms with van der Waals surface area (Å²) in [6.07, 6.45) is 3.42. The molecule has 0 aliphatic carbocycles. The van der Waals surface area contributed by atoms with Crippen molar-refractivity contribution in [3.8, 4) is 0 Å². The molecular formula is C20H25ClN4O2. The predicted molar refractivity (Wildman–Crippen MR) is 109 cm³/mol. The molecule has 0 fully saturated rings. The summed E-state index contributed by atoms with van der Waals surface area (Å²) >= 11 is 6.37. The van der Waals surface area contributed by atoms with E-state index in [-0.39, 0.29) is 11.8 Å². The molecule has 0 unspecified atom stereocenters. The van der Waals surface area contributed by atoms with Crippen molar-refractivity contribution >= 4 is 35.2 Å². The molecule has 0 radical (unpaired) electrons. The summed E-state index contributed by atoms with van der Waals surface area (Å²) < 4.78 is 1.75. The van der Waals surface area contributed by atoms with E-state index in [9.17, 15) is 9.59 Å². The Balaban J connectivity index is 2.01. The first-order valence-electron chi connectivity index (χ1n) is 8.81. The van der Waals surface area contributed by atoms with Crippen molar-refractivity contribution in [2.45, 2.75) is 33.7 Å². The highest BCUT2D eigenvalue weighted by molar-refractivity contribution is 6.31. The molecule has 0 spiro atoms. The maximum absolute atomic E-state index is 12.2. The SMILES string of the molecule is CNC(=O)Cc1ccc(NC(=O)/C=C/c2c(C)nn(CC(C)C)c2Cl)cc1. The molecule has 1 aromatic heterocycles. The van der Waals surface area contributed by atoms with Crippen LogP contribution in [0, 0.1) is 12.8 Å². The summed E-state index contributed by atoms with van der Waals surface area (Å²) in [5.41, 5.74) is 3.06. The van der Waals surface area contributed by atoms with Crippen molar-refractivity contribution in [3.63, 3.8) is 0 Å². The van der Waals surface area contributed by atoms with Gasteiger partial charge in [-0.05, 0) is 36.6 Å². The smallest absolute Gasteiger partial charge is 0.248 e. The first kappa shape index (κ1) is 20.7. The molecule has 6 nitrogen and oxygen atoms in total. The van der Waals surface area contributed by atoms with Gasteiger partial charge in [0.2, 0.25) is 11.8 Å². The van der Waals surface area contributed by atoms with Crippen LogP contribution in [0.15, 0.2) is 30.3 Å². The van der Waals surface area contributed by atoms with Crippen LogP contribution in [-0.2, 0) is 22.6 Å². The molecule has 0 atom stereocenters. The Morgan fingerprint density at radius 1 is 1.26 bits per heavy atom. The predicted octanol–water partition coefficient (Wildman–Crippen LogP) is 3.44. The first-order valence-corrected chi connectivity index (χ1v) is 9.19. The van der Waals surface area contributed by atoms with Crippen LogP contribution in [0.4, 0.5) is 5.69 Å². The zero-order valence-corrected chi connectivity index (χ0v) is 16.8. The van der Waals surface area contributed by atoms with E-state index < -0.39 is 0 Å². The van der Waals surface area contributed by atoms with Gasteiger partial charge in [-0.3, -0.25) is 14.3 Å². The number of hydrogen-bond donors (Lipinski definition) is 2. The van der Waals surface area contributed by atoms with Gasteiger partial charge in [0, 0.05) is 30.9 Å². The lowest BCUT2D eigenvalue weighted by molar-refractivity contribution is -0.120. The van der Waals surface area contributed by atoms with E-state index in [1.807, 2.05) is 19.1 Å². The van der Waals surface area contributed by atoms with Gasteiger partial charge in [0.15, 0.2) is 0 Å². The topological polar surface area (TPSA) is 76.0 Å². The Morgan fingerprint density at radius 3 is 2.52 bits per heavy atom. The number of aryl methyl sites for hydroxylation is 1. The minimum atomic E-state index is -0.263. The molecule has 27 heavy (non-hydrogen) atoms. The molecule has 0 saturated heterocycles. The third-order valence-corrected chi connectivity index (χ3v) is 4.31. The molecular weight excluding hydrogens is 364 g/mol. The number of carbonyl (C=O) groups is 2. The van der Waals surface area contributed by atoms with Crippen LogP contribution in [0.2, 0.25) is 5.15 Å². The average Bonchev–Trinajstić information content (AvgIpc) is 2.87. The fourth-order valence-electron chi connectivity index (χ4n) is 2.55. The molecule has 1 heterocycles. The maximum atomic E-state index is 12.2. The van der Waals surface area contributed by atoms with Crippen LogP contribution in [0.5, 0.6) is 0 Å². The fourth-order valence-corrected chi connectivity index (χ4v) is 2.85. The zero-order valence-electron chi connectivity index (χ0n) is 16.0. The second-order valence-electron chi connectivity index (χ2n) is 6.74. The van der Waals surface area contributed by atoms with Crippen molar-refractivity contribution in [1.29, 1.82) is 0 Å². The lowest BCUT2D eigenvalue weighted by atomic mass is 10.1. The third-order valence-electron chi connectivity index (χ3n) is 3.91. The van der Waals surface area contributed by atoms with Crippen LogP contribution >= 0.6 is 11.6 Å². The first-order chi connectivity index (χ1) is 12.8. The normalized spacial score (nSPS) is 11.2. The molecule has 2 rings (SSSR count). The maximum Gasteiger partial charge on any atom is 0.248 e.